The van der Waals surface area contributed by atoms with Crippen LogP contribution in [0.25, 0.3) is 0 Å². The Morgan fingerprint density at radius 3 is 2.48 bits per heavy atom. The molecular formula is C22H19ClN2O5S. The molecule has 0 aliphatic carbocycles. The normalized spacial score (nSPS) is 12.6. The number of ether oxygens (including phenoxy) is 2. The van der Waals surface area contributed by atoms with Crippen LogP contribution in [0.5, 0.6) is 11.5 Å². The fraction of sp³-hybridized carbons (Fsp3) is 0.136. The van der Waals surface area contributed by atoms with Crippen molar-refractivity contribution in [3.63, 3.8) is 0 Å². The largest absolute Gasteiger partial charge is 0.454 e. The summed E-state index contributed by atoms with van der Waals surface area (Å²) >= 11 is 5.85. The Hall–Kier alpha value is -3.07. The van der Waals surface area contributed by atoms with Crippen LogP contribution in [0, 0.1) is 6.92 Å². The number of nitrogens with one attached hydrogen (secondary N) is 2. The summed E-state index contributed by atoms with van der Waals surface area (Å²) in [5, 5.41) is 3.32. The Labute approximate surface area is 185 Å². The third-order valence-electron chi connectivity index (χ3n) is 4.77. The molecular weight excluding hydrogens is 440 g/mol. The number of hydrogen-bond acceptors (Lipinski definition) is 5. The van der Waals surface area contributed by atoms with Crippen molar-refractivity contribution in [2.45, 2.75) is 18.4 Å². The summed E-state index contributed by atoms with van der Waals surface area (Å²) in [5.41, 5.74) is 2.34. The van der Waals surface area contributed by atoms with E-state index in [4.69, 9.17) is 21.1 Å². The fourth-order valence-electron chi connectivity index (χ4n) is 3.05. The van der Waals surface area contributed by atoms with E-state index in [0.717, 1.165) is 5.56 Å². The number of sulfonamides is 1. The highest BCUT2D eigenvalue weighted by molar-refractivity contribution is 7.89. The molecule has 0 fully saturated rings. The molecule has 9 heteroatoms. The summed E-state index contributed by atoms with van der Waals surface area (Å²) in [4.78, 5) is 12.5. The summed E-state index contributed by atoms with van der Waals surface area (Å²) < 4.78 is 38.6. The second kappa shape index (κ2) is 8.58. The van der Waals surface area contributed by atoms with Crippen molar-refractivity contribution < 1.29 is 22.7 Å². The maximum atomic E-state index is 12.7. The average Bonchev–Trinajstić information content (AvgIpc) is 3.22. The molecule has 0 bridgehead atoms. The lowest BCUT2D eigenvalue weighted by atomic mass is 10.1. The van der Waals surface area contributed by atoms with Crippen molar-refractivity contribution in [1.82, 2.24) is 4.72 Å². The number of aryl methyl sites for hydroxylation is 1. The molecule has 0 saturated carbocycles. The summed E-state index contributed by atoms with van der Waals surface area (Å²) in [6, 6.07) is 16.3. The molecule has 3 aromatic rings. The fourth-order valence-corrected chi connectivity index (χ4v) is 4.28. The SMILES string of the molecule is Cc1cc(S(=O)(=O)NCc2ccc3c(c2)OCO3)ccc1NC(=O)c1ccc(Cl)cc1. The number of carbonyl (C=O) groups excluding carboxylic acids is 1. The Bertz CT molecular complexity index is 1240. The first kappa shape index (κ1) is 21.2. The maximum absolute atomic E-state index is 12.7. The van der Waals surface area contributed by atoms with Gasteiger partial charge >= 0.3 is 0 Å². The van der Waals surface area contributed by atoms with E-state index in [1.807, 2.05) is 0 Å². The zero-order valence-electron chi connectivity index (χ0n) is 16.5. The van der Waals surface area contributed by atoms with Gasteiger partial charge in [-0.25, -0.2) is 13.1 Å². The molecule has 1 amide bonds. The highest BCUT2D eigenvalue weighted by Crippen LogP contribution is 2.32. The molecule has 3 aromatic carbocycles. The summed E-state index contributed by atoms with van der Waals surface area (Å²) in [7, 11) is -3.75. The smallest absolute Gasteiger partial charge is 0.255 e. The van der Waals surface area contributed by atoms with Gasteiger partial charge in [0, 0.05) is 22.8 Å². The predicted octanol–water partition coefficient (Wildman–Crippen LogP) is 4.11. The molecule has 160 valence electrons. The number of carbonyl (C=O) groups is 1. The molecule has 0 aromatic heterocycles. The van der Waals surface area contributed by atoms with Crippen molar-refractivity contribution in [2.75, 3.05) is 12.1 Å². The Morgan fingerprint density at radius 2 is 1.74 bits per heavy atom. The van der Waals surface area contributed by atoms with Crippen LogP contribution >= 0.6 is 11.6 Å². The number of halogens is 1. The maximum Gasteiger partial charge on any atom is 0.255 e. The molecule has 0 saturated heterocycles. The first-order chi connectivity index (χ1) is 14.8. The van der Waals surface area contributed by atoms with E-state index in [9.17, 15) is 13.2 Å². The van der Waals surface area contributed by atoms with Crippen molar-refractivity contribution in [3.05, 3.63) is 82.4 Å². The number of amides is 1. The summed E-state index contributed by atoms with van der Waals surface area (Å²) in [5.74, 6) is 0.920. The number of fused-ring (bicyclic) bond motifs is 1. The van der Waals surface area contributed by atoms with Gasteiger partial charge in [-0.3, -0.25) is 4.79 Å². The van der Waals surface area contributed by atoms with Crippen molar-refractivity contribution in [2.24, 2.45) is 0 Å². The van der Waals surface area contributed by atoms with Crippen LogP contribution in [-0.4, -0.2) is 21.1 Å². The zero-order valence-corrected chi connectivity index (χ0v) is 18.1. The highest BCUT2D eigenvalue weighted by atomic mass is 35.5. The van der Waals surface area contributed by atoms with E-state index >= 15 is 0 Å². The lowest BCUT2D eigenvalue weighted by Crippen LogP contribution is -2.23. The van der Waals surface area contributed by atoms with Crippen LogP contribution in [0.15, 0.2) is 65.6 Å². The molecule has 0 spiro atoms. The van der Waals surface area contributed by atoms with E-state index in [0.29, 0.717) is 33.3 Å². The third-order valence-corrected chi connectivity index (χ3v) is 6.42. The number of benzene rings is 3. The topological polar surface area (TPSA) is 93.7 Å². The minimum atomic E-state index is -3.75. The molecule has 1 aliphatic heterocycles. The number of hydrogen-bond donors (Lipinski definition) is 2. The second-order valence-corrected chi connectivity index (χ2v) is 9.15. The molecule has 1 heterocycles. The van der Waals surface area contributed by atoms with Gasteiger partial charge in [-0.1, -0.05) is 17.7 Å². The van der Waals surface area contributed by atoms with Gasteiger partial charge in [0.1, 0.15) is 0 Å². The Balaban J connectivity index is 1.44. The number of rotatable bonds is 6. The van der Waals surface area contributed by atoms with E-state index in [2.05, 4.69) is 10.0 Å². The van der Waals surface area contributed by atoms with Gasteiger partial charge in [-0.2, -0.15) is 0 Å². The highest BCUT2D eigenvalue weighted by Gasteiger charge is 2.18. The molecule has 1 aliphatic rings. The molecule has 0 radical (unpaired) electrons. The van der Waals surface area contributed by atoms with Crippen LogP contribution < -0.4 is 19.5 Å². The summed E-state index contributed by atoms with van der Waals surface area (Å²) in [6.07, 6.45) is 0. The van der Waals surface area contributed by atoms with E-state index in [1.54, 1.807) is 55.5 Å². The van der Waals surface area contributed by atoms with Crippen LogP contribution in [-0.2, 0) is 16.6 Å². The predicted molar refractivity (Wildman–Crippen MR) is 117 cm³/mol. The van der Waals surface area contributed by atoms with E-state index in [1.165, 1.54) is 12.1 Å². The van der Waals surface area contributed by atoms with Gasteiger partial charge in [0.2, 0.25) is 16.8 Å². The van der Waals surface area contributed by atoms with Gasteiger partial charge in [0.05, 0.1) is 4.90 Å². The summed E-state index contributed by atoms with van der Waals surface area (Å²) in [6.45, 7) is 1.99. The Kier molecular flexibility index (Phi) is 5.86. The first-order valence-corrected chi connectivity index (χ1v) is 11.2. The van der Waals surface area contributed by atoms with Crippen LogP contribution in [0.4, 0.5) is 5.69 Å². The second-order valence-electron chi connectivity index (χ2n) is 6.95. The van der Waals surface area contributed by atoms with Crippen LogP contribution in [0.1, 0.15) is 21.5 Å². The quantitative estimate of drug-likeness (QED) is 0.579. The van der Waals surface area contributed by atoms with Gasteiger partial charge in [0.25, 0.3) is 5.91 Å². The van der Waals surface area contributed by atoms with Crippen molar-refractivity contribution in [1.29, 1.82) is 0 Å². The van der Waals surface area contributed by atoms with E-state index in [-0.39, 0.29) is 24.1 Å². The van der Waals surface area contributed by atoms with Crippen molar-refractivity contribution in [3.8, 4) is 11.5 Å². The first-order valence-electron chi connectivity index (χ1n) is 9.37. The zero-order chi connectivity index (χ0) is 22.0. The van der Waals surface area contributed by atoms with E-state index < -0.39 is 10.0 Å². The monoisotopic (exact) mass is 458 g/mol. The van der Waals surface area contributed by atoms with Gasteiger partial charge in [-0.15, -0.1) is 0 Å². The molecule has 0 atom stereocenters. The lowest BCUT2D eigenvalue weighted by Gasteiger charge is -2.12. The minimum absolute atomic E-state index is 0.104. The average molecular weight is 459 g/mol. The third kappa shape index (κ3) is 4.82. The van der Waals surface area contributed by atoms with Gasteiger partial charge < -0.3 is 14.8 Å². The Morgan fingerprint density at radius 1 is 1.00 bits per heavy atom. The van der Waals surface area contributed by atoms with Gasteiger partial charge in [0.15, 0.2) is 11.5 Å². The molecule has 0 unspecified atom stereocenters. The molecule has 31 heavy (non-hydrogen) atoms. The molecule has 2 N–H and O–H groups in total. The molecule has 7 nitrogen and oxygen atoms in total. The van der Waals surface area contributed by atoms with Gasteiger partial charge in [-0.05, 0) is 72.6 Å². The number of anilines is 1. The minimum Gasteiger partial charge on any atom is -0.454 e. The van der Waals surface area contributed by atoms with Crippen LogP contribution in [0.2, 0.25) is 5.02 Å². The van der Waals surface area contributed by atoms with Crippen LogP contribution in [0.3, 0.4) is 0 Å². The molecule has 4 rings (SSSR count). The van der Waals surface area contributed by atoms with Crippen molar-refractivity contribution >= 4 is 33.2 Å². The lowest BCUT2D eigenvalue weighted by molar-refractivity contribution is 0.102. The standard InChI is InChI=1S/C22H19ClN2O5S/c1-14-10-18(7-8-19(14)25-22(26)16-3-5-17(23)6-4-16)31(27,28)24-12-15-2-9-20-21(11-15)30-13-29-20/h2-11,24H,12-13H2,1H3,(H,25,26).